The van der Waals surface area contributed by atoms with Gasteiger partial charge in [-0.3, -0.25) is 4.79 Å². The van der Waals surface area contributed by atoms with E-state index >= 15 is 0 Å². The van der Waals surface area contributed by atoms with E-state index in [1.807, 2.05) is 30.3 Å². The van der Waals surface area contributed by atoms with E-state index in [1.165, 1.54) is 32.1 Å². The predicted octanol–water partition coefficient (Wildman–Crippen LogP) is 8.28. The van der Waals surface area contributed by atoms with Gasteiger partial charge in [0.25, 0.3) is 0 Å². The molecule has 0 spiro atoms. The molecule has 1 aromatic carbocycles. The number of nitrogens with one attached hydrogen (secondary N) is 1. The summed E-state index contributed by atoms with van der Waals surface area (Å²) in [5.41, 5.74) is -0.141. The number of carbonyl (C=O) groups excluding carboxylic acids is 3. The minimum absolute atomic E-state index is 0.0403. The first-order valence-electron chi connectivity index (χ1n) is 18.1. The Labute approximate surface area is 288 Å². The zero-order valence-corrected chi connectivity index (χ0v) is 30.0. The van der Waals surface area contributed by atoms with E-state index in [4.69, 9.17) is 18.9 Å². The molecule has 2 N–H and O–H groups in total. The number of hydrogen-bond acceptors (Lipinski definition) is 8. The van der Waals surface area contributed by atoms with Crippen molar-refractivity contribution >= 4 is 24.0 Å². The SMILES string of the molecule is CC(C)CCCCCCCCCCC(CC(=O)O)OC(=O)[C@@H](NC(=O)OC(C)(C)C)[C@H](OCc1ccccc1)C(=O)OC1CCCCC1. The van der Waals surface area contributed by atoms with E-state index in [-0.39, 0.29) is 12.7 Å². The summed E-state index contributed by atoms with van der Waals surface area (Å²) in [6, 6.07) is 7.49. The number of carbonyl (C=O) groups is 4. The first-order chi connectivity index (χ1) is 22.8. The second-order valence-electron chi connectivity index (χ2n) is 14.5. The number of carboxylic acids is 1. The lowest BCUT2D eigenvalue weighted by Gasteiger charge is -2.30. The van der Waals surface area contributed by atoms with E-state index in [9.17, 15) is 24.3 Å². The molecule has 0 aromatic heterocycles. The third kappa shape index (κ3) is 18.4. The van der Waals surface area contributed by atoms with Gasteiger partial charge in [-0.25, -0.2) is 14.4 Å². The Morgan fingerprint density at radius 1 is 0.833 bits per heavy atom. The first-order valence-corrected chi connectivity index (χ1v) is 18.1. The van der Waals surface area contributed by atoms with Gasteiger partial charge in [0.1, 0.15) is 17.8 Å². The summed E-state index contributed by atoms with van der Waals surface area (Å²) >= 11 is 0. The van der Waals surface area contributed by atoms with Gasteiger partial charge in [0, 0.05) is 0 Å². The lowest BCUT2D eigenvalue weighted by Crippen LogP contribution is -2.55. The second-order valence-corrected chi connectivity index (χ2v) is 14.5. The van der Waals surface area contributed by atoms with Crippen molar-refractivity contribution < 1.29 is 43.2 Å². The minimum atomic E-state index is -1.63. The van der Waals surface area contributed by atoms with Crippen LogP contribution in [0.25, 0.3) is 0 Å². The van der Waals surface area contributed by atoms with Crippen molar-refractivity contribution in [2.45, 2.75) is 174 Å². The Bertz CT molecular complexity index is 1080. The van der Waals surface area contributed by atoms with Crippen molar-refractivity contribution in [2.75, 3.05) is 0 Å². The Morgan fingerprint density at radius 3 is 1.98 bits per heavy atom. The number of hydrogen-bond donors (Lipinski definition) is 2. The third-order valence-corrected chi connectivity index (χ3v) is 8.31. The van der Waals surface area contributed by atoms with Crippen LogP contribution in [0.15, 0.2) is 30.3 Å². The number of amides is 1. The number of alkyl carbamates (subject to hydrolysis) is 1. The quantitative estimate of drug-likeness (QED) is 0.0706. The topological polar surface area (TPSA) is 137 Å². The number of esters is 2. The molecular formula is C38H61NO9. The average Bonchev–Trinajstić information content (AvgIpc) is 3.01. The number of carboxylic acid groups (broad SMARTS) is 1. The summed E-state index contributed by atoms with van der Waals surface area (Å²) in [6.45, 7) is 9.48. The van der Waals surface area contributed by atoms with Crippen molar-refractivity contribution in [3.05, 3.63) is 35.9 Å². The van der Waals surface area contributed by atoms with Crippen LogP contribution in [0.2, 0.25) is 0 Å². The van der Waals surface area contributed by atoms with Gasteiger partial charge >= 0.3 is 24.0 Å². The number of ether oxygens (including phenoxy) is 4. The van der Waals surface area contributed by atoms with Crippen LogP contribution in [0.1, 0.15) is 143 Å². The maximum absolute atomic E-state index is 13.8. The highest BCUT2D eigenvalue weighted by atomic mass is 16.6. The largest absolute Gasteiger partial charge is 0.481 e. The molecule has 272 valence electrons. The smallest absolute Gasteiger partial charge is 0.408 e. The van der Waals surface area contributed by atoms with Crippen LogP contribution in [0.4, 0.5) is 4.79 Å². The van der Waals surface area contributed by atoms with Crippen LogP contribution in [0.3, 0.4) is 0 Å². The zero-order valence-electron chi connectivity index (χ0n) is 30.0. The fraction of sp³-hybridized carbons (Fsp3) is 0.737. The van der Waals surface area contributed by atoms with Gasteiger partial charge in [0.2, 0.25) is 0 Å². The zero-order chi connectivity index (χ0) is 35.4. The average molecular weight is 676 g/mol. The molecule has 2 rings (SSSR count). The Morgan fingerprint density at radius 2 is 1.42 bits per heavy atom. The van der Waals surface area contributed by atoms with Crippen LogP contribution in [-0.2, 0) is 39.9 Å². The Balaban J connectivity index is 2.14. The number of unbranched alkanes of at least 4 members (excludes halogenated alkanes) is 7. The summed E-state index contributed by atoms with van der Waals surface area (Å²) in [5.74, 6) is -2.15. The van der Waals surface area contributed by atoms with Crippen molar-refractivity contribution in [1.82, 2.24) is 5.32 Å². The molecule has 1 amide bonds. The summed E-state index contributed by atoms with van der Waals surface area (Å²) in [7, 11) is 0. The molecule has 1 unspecified atom stereocenters. The highest BCUT2D eigenvalue weighted by molar-refractivity contribution is 5.89. The molecule has 48 heavy (non-hydrogen) atoms. The molecular weight excluding hydrogens is 614 g/mol. The summed E-state index contributed by atoms with van der Waals surface area (Å²) in [5, 5.41) is 12.1. The van der Waals surface area contributed by atoms with E-state index in [2.05, 4.69) is 19.2 Å². The maximum atomic E-state index is 13.8. The molecule has 0 bridgehead atoms. The minimum Gasteiger partial charge on any atom is -0.481 e. The molecule has 1 aliphatic rings. The van der Waals surface area contributed by atoms with Gasteiger partial charge in [-0.1, -0.05) is 102 Å². The summed E-state index contributed by atoms with van der Waals surface area (Å²) < 4.78 is 23.0. The number of aliphatic carboxylic acids is 1. The van der Waals surface area contributed by atoms with Crippen LogP contribution < -0.4 is 5.32 Å². The monoisotopic (exact) mass is 675 g/mol. The first kappa shape index (κ1) is 41.0. The fourth-order valence-electron chi connectivity index (χ4n) is 5.79. The van der Waals surface area contributed by atoms with E-state index < -0.39 is 54.3 Å². The Kier molecular flexibility index (Phi) is 19.2. The van der Waals surface area contributed by atoms with E-state index in [0.717, 1.165) is 50.0 Å². The number of benzene rings is 1. The molecule has 10 nitrogen and oxygen atoms in total. The van der Waals surface area contributed by atoms with Crippen molar-refractivity contribution in [3.63, 3.8) is 0 Å². The Hall–Kier alpha value is -3.14. The molecule has 1 aromatic rings. The molecule has 3 atom stereocenters. The molecule has 0 heterocycles. The van der Waals surface area contributed by atoms with Crippen LogP contribution in [0.5, 0.6) is 0 Å². The maximum Gasteiger partial charge on any atom is 0.408 e. The lowest BCUT2D eigenvalue weighted by atomic mass is 9.97. The van der Waals surface area contributed by atoms with Crippen molar-refractivity contribution in [3.8, 4) is 0 Å². The van der Waals surface area contributed by atoms with Gasteiger partial charge in [0.15, 0.2) is 12.1 Å². The van der Waals surface area contributed by atoms with Crippen LogP contribution in [-0.4, -0.2) is 59.1 Å². The molecule has 1 fully saturated rings. The lowest BCUT2D eigenvalue weighted by molar-refractivity contribution is -0.175. The van der Waals surface area contributed by atoms with Gasteiger partial charge in [-0.05, 0) is 70.8 Å². The summed E-state index contributed by atoms with van der Waals surface area (Å²) in [4.78, 5) is 52.2. The van der Waals surface area contributed by atoms with E-state index in [0.29, 0.717) is 25.7 Å². The van der Waals surface area contributed by atoms with Crippen LogP contribution >= 0.6 is 0 Å². The number of rotatable bonds is 22. The van der Waals surface area contributed by atoms with Gasteiger partial charge < -0.3 is 29.4 Å². The van der Waals surface area contributed by atoms with Gasteiger partial charge in [-0.15, -0.1) is 0 Å². The normalized spacial score (nSPS) is 15.7. The van der Waals surface area contributed by atoms with Crippen molar-refractivity contribution in [2.24, 2.45) is 5.92 Å². The second kappa shape index (κ2) is 22.5. The standard InChI is InChI=1S/C38H61NO9/c1-28(2)20-14-10-8-6-7-9-11-17-25-31(26-32(40)41)47-35(42)33(39-37(44)48-38(3,4)5)34(45-27-29-21-15-12-16-22-29)36(43)46-30-23-18-13-19-24-30/h12,15-16,21-22,28,30-31,33-34H,6-11,13-14,17-20,23-27H2,1-5H3,(H,39,44)(H,40,41)/t31?,33-,34-/m0/s1. The highest BCUT2D eigenvalue weighted by Crippen LogP contribution is 2.23. The highest BCUT2D eigenvalue weighted by Gasteiger charge is 2.41. The molecule has 1 saturated carbocycles. The molecule has 0 radical (unpaired) electrons. The van der Waals surface area contributed by atoms with Gasteiger partial charge in [-0.2, -0.15) is 0 Å². The molecule has 0 saturated heterocycles. The molecule has 10 heteroatoms. The third-order valence-electron chi connectivity index (χ3n) is 8.31. The van der Waals surface area contributed by atoms with Crippen LogP contribution in [0, 0.1) is 5.92 Å². The summed E-state index contributed by atoms with van der Waals surface area (Å²) in [6.07, 6.45) is 10.3. The van der Waals surface area contributed by atoms with E-state index in [1.54, 1.807) is 20.8 Å². The fourth-order valence-corrected chi connectivity index (χ4v) is 5.79. The molecule has 0 aliphatic heterocycles. The van der Waals surface area contributed by atoms with Crippen molar-refractivity contribution in [1.29, 1.82) is 0 Å². The predicted molar refractivity (Wildman–Crippen MR) is 184 cm³/mol. The van der Waals surface area contributed by atoms with Gasteiger partial charge in [0.05, 0.1) is 13.0 Å². The molecule has 1 aliphatic carbocycles.